The van der Waals surface area contributed by atoms with Crippen molar-refractivity contribution < 1.29 is 0 Å². The first-order valence-electron chi connectivity index (χ1n) is 5.24. The van der Waals surface area contributed by atoms with Crippen LogP contribution in [0.3, 0.4) is 0 Å². The molecule has 0 amide bonds. The number of aromatic amines is 1. The number of imidazole rings is 1. The Kier molecular flexibility index (Phi) is 2.14. The molecule has 2 rings (SSSR count). The molecular formula is C11H18N2. The zero-order valence-electron chi connectivity index (χ0n) is 8.72. The summed E-state index contributed by atoms with van der Waals surface area (Å²) in [5.41, 5.74) is 2.71. The highest BCUT2D eigenvalue weighted by molar-refractivity contribution is 5.19. The summed E-state index contributed by atoms with van der Waals surface area (Å²) in [7, 11) is 0. The highest BCUT2D eigenvalue weighted by Crippen LogP contribution is 2.25. The lowest BCUT2D eigenvalue weighted by molar-refractivity contribution is 0.492. The smallest absolute Gasteiger partial charge is 0.109 e. The Hall–Kier alpha value is -0.790. The fraction of sp³-hybridized carbons (Fsp3) is 0.727. The summed E-state index contributed by atoms with van der Waals surface area (Å²) >= 11 is 0. The van der Waals surface area contributed by atoms with Gasteiger partial charge < -0.3 is 4.98 Å². The maximum Gasteiger partial charge on any atom is 0.109 e. The molecule has 0 saturated heterocycles. The second kappa shape index (κ2) is 3.17. The van der Waals surface area contributed by atoms with Crippen molar-refractivity contribution in [2.24, 2.45) is 5.92 Å². The molecule has 72 valence electrons. The van der Waals surface area contributed by atoms with Crippen LogP contribution in [-0.4, -0.2) is 9.97 Å². The third-order valence-electron chi connectivity index (χ3n) is 2.86. The van der Waals surface area contributed by atoms with Gasteiger partial charge in [0.05, 0.1) is 5.69 Å². The fourth-order valence-electron chi connectivity index (χ4n) is 1.95. The summed E-state index contributed by atoms with van der Waals surface area (Å²) in [6, 6.07) is 0. The van der Waals surface area contributed by atoms with Crippen LogP contribution in [0.15, 0.2) is 0 Å². The molecule has 1 aliphatic carbocycles. The van der Waals surface area contributed by atoms with Gasteiger partial charge in [-0.2, -0.15) is 0 Å². The van der Waals surface area contributed by atoms with Gasteiger partial charge in [-0.15, -0.1) is 0 Å². The number of rotatable bonds is 1. The van der Waals surface area contributed by atoms with Gasteiger partial charge in [0.25, 0.3) is 0 Å². The Morgan fingerprint density at radius 1 is 1.46 bits per heavy atom. The van der Waals surface area contributed by atoms with Crippen LogP contribution < -0.4 is 0 Å². The molecule has 0 spiro atoms. The largest absolute Gasteiger partial charge is 0.345 e. The van der Waals surface area contributed by atoms with Crippen molar-refractivity contribution in [3.05, 3.63) is 17.2 Å². The van der Waals surface area contributed by atoms with Gasteiger partial charge in [-0.25, -0.2) is 4.98 Å². The molecule has 1 atom stereocenters. The minimum absolute atomic E-state index is 0.529. The van der Waals surface area contributed by atoms with E-state index in [0.717, 1.165) is 5.92 Å². The standard InChI is InChI=1S/C11H18N2/c1-7(2)11-12-9-5-4-8(3)6-10(9)13-11/h7-8H,4-6H2,1-3H3,(H,12,13). The summed E-state index contributed by atoms with van der Waals surface area (Å²) in [5.74, 6) is 2.52. The predicted octanol–water partition coefficient (Wildman–Crippen LogP) is 2.66. The number of hydrogen-bond donors (Lipinski definition) is 1. The molecule has 0 fully saturated rings. The molecule has 1 aromatic rings. The number of nitrogens with one attached hydrogen (secondary N) is 1. The average Bonchev–Trinajstić information content (AvgIpc) is 2.46. The fourth-order valence-corrected chi connectivity index (χ4v) is 1.95. The van der Waals surface area contributed by atoms with Crippen molar-refractivity contribution in [1.82, 2.24) is 9.97 Å². The average molecular weight is 178 g/mol. The van der Waals surface area contributed by atoms with Gasteiger partial charge in [-0.3, -0.25) is 0 Å². The first-order valence-corrected chi connectivity index (χ1v) is 5.24. The van der Waals surface area contributed by atoms with Gasteiger partial charge in [0, 0.05) is 11.6 Å². The van der Waals surface area contributed by atoms with Crippen molar-refractivity contribution in [3.63, 3.8) is 0 Å². The van der Waals surface area contributed by atoms with E-state index in [0.29, 0.717) is 5.92 Å². The van der Waals surface area contributed by atoms with Crippen molar-refractivity contribution in [2.45, 2.75) is 46.0 Å². The topological polar surface area (TPSA) is 28.7 Å². The number of hydrogen-bond acceptors (Lipinski definition) is 1. The Balaban J connectivity index is 2.28. The van der Waals surface area contributed by atoms with Crippen LogP contribution in [-0.2, 0) is 12.8 Å². The quantitative estimate of drug-likeness (QED) is 0.703. The first-order chi connectivity index (χ1) is 6.16. The molecule has 1 heterocycles. The van der Waals surface area contributed by atoms with Crippen LogP contribution in [0.5, 0.6) is 0 Å². The highest BCUT2D eigenvalue weighted by Gasteiger charge is 2.19. The highest BCUT2D eigenvalue weighted by atomic mass is 14.9. The van der Waals surface area contributed by atoms with E-state index in [-0.39, 0.29) is 0 Å². The molecule has 1 aromatic heterocycles. The molecule has 0 saturated carbocycles. The first kappa shape index (κ1) is 8.79. The van der Waals surface area contributed by atoms with Crippen molar-refractivity contribution in [1.29, 1.82) is 0 Å². The normalized spacial score (nSPS) is 22.0. The summed E-state index contributed by atoms with van der Waals surface area (Å²) in [5, 5.41) is 0. The van der Waals surface area contributed by atoms with Gasteiger partial charge in [0.1, 0.15) is 5.82 Å². The van der Waals surface area contributed by atoms with Crippen molar-refractivity contribution >= 4 is 0 Å². The number of aryl methyl sites for hydroxylation is 1. The molecule has 0 bridgehead atoms. The number of aromatic nitrogens is 2. The Morgan fingerprint density at radius 3 is 2.92 bits per heavy atom. The summed E-state index contributed by atoms with van der Waals surface area (Å²) in [6.07, 6.45) is 3.66. The van der Waals surface area contributed by atoms with E-state index in [1.165, 1.54) is 36.5 Å². The second-order valence-corrected chi connectivity index (χ2v) is 4.55. The third kappa shape index (κ3) is 1.62. The zero-order chi connectivity index (χ0) is 9.42. The molecule has 1 N–H and O–H groups in total. The van der Waals surface area contributed by atoms with Crippen LogP contribution in [0.2, 0.25) is 0 Å². The van der Waals surface area contributed by atoms with Gasteiger partial charge in [-0.05, 0) is 25.2 Å². The van der Waals surface area contributed by atoms with E-state index in [1.54, 1.807) is 0 Å². The lowest BCUT2D eigenvalue weighted by atomic mass is 9.92. The maximum absolute atomic E-state index is 4.63. The molecule has 2 heteroatoms. The molecular weight excluding hydrogens is 160 g/mol. The number of fused-ring (bicyclic) bond motifs is 1. The Morgan fingerprint density at radius 2 is 2.23 bits per heavy atom. The summed E-state index contributed by atoms with van der Waals surface area (Å²) < 4.78 is 0. The van der Waals surface area contributed by atoms with Crippen molar-refractivity contribution in [2.75, 3.05) is 0 Å². The van der Waals surface area contributed by atoms with Gasteiger partial charge >= 0.3 is 0 Å². The van der Waals surface area contributed by atoms with Crippen LogP contribution in [0.25, 0.3) is 0 Å². The van der Waals surface area contributed by atoms with E-state index in [2.05, 4.69) is 30.7 Å². The number of nitrogens with zero attached hydrogens (tertiary/aromatic N) is 1. The summed E-state index contributed by atoms with van der Waals surface area (Å²) in [6.45, 7) is 6.69. The second-order valence-electron chi connectivity index (χ2n) is 4.55. The maximum atomic E-state index is 4.63. The van der Waals surface area contributed by atoms with Gasteiger partial charge in [0.2, 0.25) is 0 Å². The molecule has 0 aromatic carbocycles. The minimum atomic E-state index is 0.529. The van der Waals surface area contributed by atoms with E-state index >= 15 is 0 Å². The van der Waals surface area contributed by atoms with Crippen LogP contribution in [0, 0.1) is 5.92 Å². The van der Waals surface area contributed by atoms with Crippen LogP contribution in [0.1, 0.15) is 50.3 Å². The van der Waals surface area contributed by atoms with Crippen molar-refractivity contribution in [3.8, 4) is 0 Å². The molecule has 1 unspecified atom stereocenters. The number of H-pyrrole nitrogens is 1. The van der Waals surface area contributed by atoms with Crippen LogP contribution >= 0.6 is 0 Å². The summed E-state index contributed by atoms with van der Waals surface area (Å²) in [4.78, 5) is 8.08. The molecule has 2 nitrogen and oxygen atoms in total. The Bertz CT molecular complexity index is 299. The van der Waals surface area contributed by atoms with E-state index in [1.807, 2.05) is 0 Å². The predicted molar refractivity (Wildman–Crippen MR) is 53.9 cm³/mol. The third-order valence-corrected chi connectivity index (χ3v) is 2.86. The monoisotopic (exact) mass is 178 g/mol. The van der Waals surface area contributed by atoms with E-state index < -0.39 is 0 Å². The lowest BCUT2D eigenvalue weighted by Gasteiger charge is -2.15. The Labute approximate surface area is 79.8 Å². The SMILES string of the molecule is CC1CCc2nc(C(C)C)[nH]c2C1. The molecule has 0 radical (unpaired) electrons. The van der Waals surface area contributed by atoms with Gasteiger partial charge in [0.15, 0.2) is 0 Å². The minimum Gasteiger partial charge on any atom is -0.345 e. The van der Waals surface area contributed by atoms with Crippen LogP contribution in [0.4, 0.5) is 0 Å². The molecule has 1 aliphatic rings. The molecule has 13 heavy (non-hydrogen) atoms. The van der Waals surface area contributed by atoms with E-state index in [9.17, 15) is 0 Å². The van der Waals surface area contributed by atoms with E-state index in [4.69, 9.17) is 0 Å². The lowest BCUT2D eigenvalue weighted by Crippen LogP contribution is -2.10. The van der Waals surface area contributed by atoms with Gasteiger partial charge in [-0.1, -0.05) is 20.8 Å². The molecule has 0 aliphatic heterocycles. The zero-order valence-corrected chi connectivity index (χ0v) is 8.72.